The largest absolute Gasteiger partial charge is 0.443 e. The van der Waals surface area contributed by atoms with Crippen LogP contribution in [0.15, 0.2) is 48.7 Å². The molecule has 0 radical (unpaired) electrons. The molecule has 9 heteroatoms. The van der Waals surface area contributed by atoms with Gasteiger partial charge in [-0.05, 0) is 48.7 Å². The summed E-state index contributed by atoms with van der Waals surface area (Å²) in [5.41, 5.74) is 1.40. The summed E-state index contributed by atoms with van der Waals surface area (Å²) in [6, 6.07) is 12.6. The number of rotatable bonds is 9. The van der Waals surface area contributed by atoms with E-state index in [9.17, 15) is 14.4 Å². The summed E-state index contributed by atoms with van der Waals surface area (Å²) in [6.45, 7) is 3.78. The highest BCUT2D eigenvalue weighted by molar-refractivity contribution is 5.98. The fraction of sp³-hybridized carbons (Fsp3) is 0.318. The van der Waals surface area contributed by atoms with Gasteiger partial charge >= 0.3 is 6.09 Å². The molecule has 1 atom stereocenters. The Hall–Kier alpha value is -3.93. The first-order valence-electron chi connectivity index (χ1n) is 9.78. The van der Waals surface area contributed by atoms with Gasteiger partial charge in [0.15, 0.2) is 0 Å². The van der Waals surface area contributed by atoms with E-state index in [0.29, 0.717) is 23.4 Å². The van der Waals surface area contributed by atoms with Crippen molar-refractivity contribution < 1.29 is 19.1 Å². The molecule has 2 rings (SSSR count). The van der Waals surface area contributed by atoms with Crippen molar-refractivity contribution in [1.82, 2.24) is 15.6 Å². The summed E-state index contributed by atoms with van der Waals surface area (Å²) in [5, 5.41) is 16.4. The summed E-state index contributed by atoms with van der Waals surface area (Å²) >= 11 is 0. The van der Waals surface area contributed by atoms with E-state index < -0.39 is 23.9 Å². The molecule has 0 aliphatic heterocycles. The standard InChI is InChI=1S/C22H25N5O4/c1-15(2)13-19(21(29)25-12-10-23)27-20(28)16-6-8-17(9-7-16)26-22(30)31-14-18-5-3-4-11-24-18/h3-9,11,15,19H,12-14H2,1-2H3,(H,25,29)(H,26,30)(H,27,28). The van der Waals surface area contributed by atoms with Crippen LogP contribution in [0.4, 0.5) is 10.5 Å². The van der Waals surface area contributed by atoms with Gasteiger partial charge in [0.1, 0.15) is 19.2 Å². The normalized spacial score (nSPS) is 11.2. The van der Waals surface area contributed by atoms with Crippen LogP contribution in [0.5, 0.6) is 0 Å². The van der Waals surface area contributed by atoms with Crippen LogP contribution in [0.2, 0.25) is 0 Å². The lowest BCUT2D eigenvalue weighted by molar-refractivity contribution is -0.123. The predicted molar refractivity (Wildman–Crippen MR) is 114 cm³/mol. The number of carbonyl (C=O) groups is 3. The van der Waals surface area contributed by atoms with Gasteiger partial charge in [0, 0.05) is 17.4 Å². The Bertz CT molecular complexity index is 923. The Morgan fingerprint density at radius 1 is 1.13 bits per heavy atom. The number of ether oxygens (including phenoxy) is 1. The van der Waals surface area contributed by atoms with E-state index in [-0.39, 0.29) is 19.1 Å². The van der Waals surface area contributed by atoms with Crippen LogP contribution in [0, 0.1) is 17.2 Å². The number of nitriles is 1. The average Bonchev–Trinajstić information content (AvgIpc) is 2.76. The molecule has 1 aromatic carbocycles. The lowest BCUT2D eigenvalue weighted by Crippen LogP contribution is -2.47. The van der Waals surface area contributed by atoms with E-state index in [1.807, 2.05) is 19.9 Å². The monoisotopic (exact) mass is 423 g/mol. The zero-order valence-electron chi connectivity index (χ0n) is 17.4. The molecule has 162 valence electrons. The molecule has 3 amide bonds. The summed E-state index contributed by atoms with van der Waals surface area (Å²) in [4.78, 5) is 40.7. The van der Waals surface area contributed by atoms with Crippen molar-refractivity contribution in [3.63, 3.8) is 0 Å². The fourth-order valence-corrected chi connectivity index (χ4v) is 2.68. The Labute approximate surface area is 180 Å². The van der Waals surface area contributed by atoms with Gasteiger partial charge in [-0.2, -0.15) is 5.26 Å². The predicted octanol–water partition coefficient (Wildman–Crippen LogP) is 2.61. The van der Waals surface area contributed by atoms with Crippen LogP contribution in [-0.2, 0) is 16.1 Å². The molecule has 0 aliphatic rings. The molecule has 1 aromatic heterocycles. The number of pyridine rings is 1. The highest BCUT2D eigenvalue weighted by atomic mass is 16.5. The van der Waals surface area contributed by atoms with Crippen molar-refractivity contribution in [2.75, 3.05) is 11.9 Å². The summed E-state index contributed by atoms with van der Waals surface area (Å²) < 4.78 is 5.10. The minimum absolute atomic E-state index is 0.0399. The number of hydrogen-bond acceptors (Lipinski definition) is 6. The molecular formula is C22H25N5O4. The summed E-state index contributed by atoms with van der Waals surface area (Å²) in [6.07, 6.45) is 1.40. The molecule has 0 saturated carbocycles. The number of carbonyl (C=O) groups excluding carboxylic acids is 3. The molecule has 0 saturated heterocycles. The molecule has 0 bridgehead atoms. The van der Waals surface area contributed by atoms with Crippen LogP contribution >= 0.6 is 0 Å². The first-order valence-corrected chi connectivity index (χ1v) is 9.78. The highest BCUT2D eigenvalue weighted by Crippen LogP contribution is 2.12. The number of hydrogen-bond donors (Lipinski definition) is 3. The van der Waals surface area contributed by atoms with Gasteiger partial charge in [0.25, 0.3) is 5.91 Å². The summed E-state index contributed by atoms with van der Waals surface area (Å²) in [7, 11) is 0. The molecule has 1 heterocycles. The Morgan fingerprint density at radius 3 is 2.48 bits per heavy atom. The number of amides is 3. The van der Waals surface area contributed by atoms with Crippen LogP contribution in [0.1, 0.15) is 36.3 Å². The van der Waals surface area contributed by atoms with Gasteiger partial charge in [0.05, 0.1) is 11.8 Å². The van der Waals surface area contributed by atoms with Crippen LogP contribution in [-0.4, -0.2) is 35.5 Å². The van der Waals surface area contributed by atoms with E-state index in [1.165, 1.54) is 12.1 Å². The van der Waals surface area contributed by atoms with Gasteiger partial charge in [-0.3, -0.25) is 19.9 Å². The molecule has 1 unspecified atom stereocenters. The van der Waals surface area contributed by atoms with E-state index in [0.717, 1.165) is 0 Å². The number of anilines is 1. The van der Waals surface area contributed by atoms with E-state index >= 15 is 0 Å². The Kier molecular flexibility index (Phi) is 8.98. The quantitative estimate of drug-likeness (QED) is 0.531. The maximum atomic E-state index is 12.5. The van der Waals surface area contributed by atoms with Crippen molar-refractivity contribution in [2.24, 2.45) is 5.92 Å². The third kappa shape index (κ3) is 8.14. The van der Waals surface area contributed by atoms with Crippen molar-refractivity contribution in [3.05, 3.63) is 59.9 Å². The maximum absolute atomic E-state index is 12.5. The fourth-order valence-electron chi connectivity index (χ4n) is 2.68. The lowest BCUT2D eigenvalue weighted by atomic mass is 10.0. The average molecular weight is 423 g/mol. The van der Waals surface area contributed by atoms with E-state index in [2.05, 4.69) is 20.9 Å². The van der Waals surface area contributed by atoms with Crippen LogP contribution < -0.4 is 16.0 Å². The van der Waals surface area contributed by atoms with Crippen LogP contribution in [0.3, 0.4) is 0 Å². The zero-order chi connectivity index (χ0) is 22.6. The third-order valence-corrected chi connectivity index (χ3v) is 4.14. The molecule has 9 nitrogen and oxygen atoms in total. The Balaban J connectivity index is 1.91. The molecule has 2 aromatic rings. The van der Waals surface area contributed by atoms with Crippen LogP contribution in [0.25, 0.3) is 0 Å². The van der Waals surface area contributed by atoms with Crippen molar-refractivity contribution in [2.45, 2.75) is 32.9 Å². The number of aromatic nitrogens is 1. The Morgan fingerprint density at radius 2 is 1.87 bits per heavy atom. The molecule has 0 spiro atoms. The molecule has 31 heavy (non-hydrogen) atoms. The number of nitrogens with one attached hydrogen (secondary N) is 3. The smallest absolute Gasteiger partial charge is 0.412 e. The van der Waals surface area contributed by atoms with Gasteiger partial charge < -0.3 is 15.4 Å². The number of benzene rings is 1. The molecular weight excluding hydrogens is 398 g/mol. The van der Waals surface area contributed by atoms with Gasteiger partial charge in [-0.15, -0.1) is 0 Å². The first kappa shape index (κ1) is 23.3. The van der Waals surface area contributed by atoms with Crippen molar-refractivity contribution in [1.29, 1.82) is 5.26 Å². The zero-order valence-corrected chi connectivity index (χ0v) is 17.4. The third-order valence-electron chi connectivity index (χ3n) is 4.14. The van der Waals surface area contributed by atoms with Crippen molar-refractivity contribution >= 4 is 23.6 Å². The minimum Gasteiger partial charge on any atom is -0.443 e. The van der Waals surface area contributed by atoms with Gasteiger partial charge in [-0.25, -0.2) is 4.79 Å². The van der Waals surface area contributed by atoms with Crippen molar-refractivity contribution in [3.8, 4) is 6.07 Å². The highest BCUT2D eigenvalue weighted by Gasteiger charge is 2.22. The second-order valence-corrected chi connectivity index (χ2v) is 7.13. The summed E-state index contributed by atoms with van der Waals surface area (Å²) in [5.74, 6) is -0.665. The van der Waals surface area contributed by atoms with E-state index in [1.54, 1.807) is 36.5 Å². The van der Waals surface area contributed by atoms with Gasteiger partial charge in [0.2, 0.25) is 5.91 Å². The number of nitrogens with zero attached hydrogens (tertiary/aromatic N) is 2. The van der Waals surface area contributed by atoms with Gasteiger partial charge in [-0.1, -0.05) is 19.9 Å². The molecule has 0 fully saturated rings. The molecule has 3 N–H and O–H groups in total. The second kappa shape index (κ2) is 11.9. The maximum Gasteiger partial charge on any atom is 0.412 e. The second-order valence-electron chi connectivity index (χ2n) is 7.13. The first-order chi connectivity index (χ1) is 14.9. The minimum atomic E-state index is -0.750. The lowest BCUT2D eigenvalue weighted by Gasteiger charge is -2.19. The topological polar surface area (TPSA) is 133 Å². The molecule has 0 aliphatic carbocycles. The van der Waals surface area contributed by atoms with E-state index in [4.69, 9.17) is 10.00 Å². The SMILES string of the molecule is CC(C)CC(NC(=O)c1ccc(NC(=O)OCc2ccccn2)cc1)C(=O)NCC#N.